The highest BCUT2D eigenvalue weighted by atomic mass is 32.2. The number of guanidine groups is 1. The van der Waals surface area contributed by atoms with Crippen LogP contribution in [0.3, 0.4) is 0 Å². The second-order valence-corrected chi connectivity index (χ2v) is 12.9. The van der Waals surface area contributed by atoms with Gasteiger partial charge in [-0.15, -0.1) is 23.1 Å². The van der Waals surface area contributed by atoms with Crippen LogP contribution in [0.15, 0.2) is 49.5 Å². The van der Waals surface area contributed by atoms with E-state index in [4.69, 9.17) is 27.1 Å². The lowest BCUT2D eigenvalue weighted by atomic mass is 10.0. The fraction of sp³-hybridized carbons (Fsp3) is 0.304. The fourth-order valence-corrected chi connectivity index (χ4v) is 7.69. The lowest BCUT2D eigenvalue weighted by molar-refractivity contribution is -0.192. The van der Waals surface area contributed by atoms with Crippen LogP contribution in [0.1, 0.15) is 11.3 Å². The number of nitrogen functional groups attached to an aromatic ring is 1. The number of aromatic nitrogens is 2. The van der Waals surface area contributed by atoms with Crippen molar-refractivity contribution in [1.29, 1.82) is 0 Å². The number of carboxylic acids is 2. The summed E-state index contributed by atoms with van der Waals surface area (Å²) >= 11 is 5.25. The number of nitrogens with two attached hydrogens (primary N) is 3. The van der Waals surface area contributed by atoms with Crippen molar-refractivity contribution in [2.75, 3.05) is 23.8 Å². The van der Waals surface area contributed by atoms with Gasteiger partial charge in [0.25, 0.3) is 11.8 Å². The van der Waals surface area contributed by atoms with Crippen LogP contribution >= 0.6 is 46.6 Å². The maximum Gasteiger partial charge on any atom is 0.490 e. The average molecular weight is 724 g/mol. The van der Waals surface area contributed by atoms with E-state index in [2.05, 4.69) is 25.4 Å². The van der Waals surface area contributed by atoms with Crippen molar-refractivity contribution >= 4 is 87.2 Å². The molecule has 1 fully saturated rings. The highest BCUT2D eigenvalue weighted by Gasteiger charge is 2.54. The fourth-order valence-electron chi connectivity index (χ4n) is 3.66. The number of carboxylic acid groups (broad SMARTS) is 2. The van der Waals surface area contributed by atoms with Crippen LogP contribution < -0.4 is 22.5 Å². The number of oxime groups is 1. The molecule has 23 heteroatoms. The number of aliphatic carboxylic acids is 2. The van der Waals surface area contributed by atoms with Gasteiger partial charge in [0.1, 0.15) is 22.8 Å². The molecule has 0 unspecified atom stereocenters. The van der Waals surface area contributed by atoms with Gasteiger partial charge in [-0.2, -0.15) is 24.9 Å². The Morgan fingerprint density at radius 1 is 1.24 bits per heavy atom. The van der Waals surface area contributed by atoms with E-state index < -0.39 is 47.1 Å². The van der Waals surface area contributed by atoms with Crippen LogP contribution in [0.5, 0.6) is 0 Å². The number of carbonyl (C=O) groups excluding carboxylic acids is 2. The molecule has 10 N–H and O–H groups in total. The zero-order valence-electron chi connectivity index (χ0n) is 23.0. The molecule has 0 radical (unpaired) electrons. The number of alkyl halides is 3. The topological polar surface area (TPSA) is 273 Å². The molecule has 2 amide bonds. The van der Waals surface area contributed by atoms with Crippen molar-refractivity contribution in [3.8, 4) is 0 Å². The molecule has 2 aliphatic rings. The van der Waals surface area contributed by atoms with Gasteiger partial charge >= 0.3 is 18.1 Å². The van der Waals surface area contributed by atoms with Crippen molar-refractivity contribution < 1.29 is 47.8 Å². The summed E-state index contributed by atoms with van der Waals surface area (Å²) in [4.78, 5) is 61.4. The Kier molecular flexibility index (Phi) is 12.5. The van der Waals surface area contributed by atoms with Crippen LogP contribution in [0.25, 0.3) is 0 Å². The molecule has 46 heavy (non-hydrogen) atoms. The number of nitrogens with zero attached hydrogens (tertiary/aromatic N) is 5. The normalized spacial score (nSPS) is 17.7. The zero-order valence-corrected chi connectivity index (χ0v) is 26.3. The first-order chi connectivity index (χ1) is 21.6. The van der Waals surface area contributed by atoms with E-state index in [0.29, 0.717) is 28.7 Å². The number of nitrogens with one attached hydrogen (secondary N) is 1. The molecule has 0 aliphatic carbocycles. The maximum absolute atomic E-state index is 13.0. The third-order valence-corrected chi connectivity index (χ3v) is 9.95. The van der Waals surface area contributed by atoms with Crippen molar-refractivity contribution in [3.63, 3.8) is 0 Å². The van der Waals surface area contributed by atoms with Crippen LogP contribution in [0.4, 0.5) is 18.3 Å². The summed E-state index contributed by atoms with van der Waals surface area (Å²) in [6, 6.07) is 0.788. The first-order valence-electron chi connectivity index (χ1n) is 12.3. The van der Waals surface area contributed by atoms with E-state index in [1.165, 1.54) is 33.8 Å². The molecule has 2 aromatic rings. The van der Waals surface area contributed by atoms with E-state index in [1.807, 2.05) is 0 Å². The second kappa shape index (κ2) is 15.9. The number of fused-ring (bicyclic) bond motifs is 1. The predicted molar refractivity (Wildman–Crippen MR) is 165 cm³/mol. The molecule has 2 aliphatic heterocycles. The van der Waals surface area contributed by atoms with Gasteiger partial charge in [0.2, 0.25) is 0 Å². The third-order valence-electron chi connectivity index (χ3n) is 5.62. The number of pyridine rings is 1. The number of hydrogen-bond acceptors (Lipinski definition) is 14. The van der Waals surface area contributed by atoms with E-state index in [1.54, 1.807) is 30.2 Å². The summed E-state index contributed by atoms with van der Waals surface area (Å²) in [6.07, 6.45) is -1.75. The van der Waals surface area contributed by atoms with Gasteiger partial charge in [-0.25, -0.2) is 14.6 Å². The molecule has 2 aromatic heterocycles. The third kappa shape index (κ3) is 9.17. The van der Waals surface area contributed by atoms with Crippen molar-refractivity contribution in [1.82, 2.24) is 20.2 Å². The van der Waals surface area contributed by atoms with Gasteiger partial charge < -0.3 is 37.9 Å². The summed E-state index contributed by atoms with van der Waals surface area (Å²) in [6.45, 7) is 0.473. The van der Waals surface area contributed by atoms with E-state index in [0.717, 1.165) is 21.8 Å². The van der Waals surface area contributed by atoms with Gasteiger partial charge in [-0.3, -0.25) is 24.5 Å². The van der Waals surface area contributed by atoms with Crippen molar-refractivity contribution in [3.05, 3.63) is 45.7 Å². The molecule has 248 valence electrons. The molecule has 16 nitrogen and oxygen atoms in total. The lowest BCUT2D eigenvalue weighted by Gasteiger charge is -2.49. The standard InChI is InChI=1S/C21H23N9O5S4.C2HF3O2/c22-20(23)26-3-4-36-6-9-5-25-2-1-11(9)39-12-8-37-18-14(17(32)30(18)15(12)19(33)34)28-16(31)13(29-35)10-7-38-21(24)27-10;3-2(4,5)1(6)7/h1-2,5,7,14,18,35H,3-4,6,8H2,(H2,24,27)(H,28,31)(H,33,34)(H4,22,23,26);(H,6,7)/b29-13-;/t14-,18-;/m1./s1. The molecule has 4 heterocycles. The first-order valence-corrected chi connectivity index (χ1v) is 16.2. The molecule has 1 saturated heterocycles. The Bertz CT molecular complexity index is 1580. The number of thiazole rings is 1. The number of amides is 2. The summed E-state index contributed by atoms with van der Waals surface area (Å²) in [5, 5.41) is 32.9. The van der Waals surface area contributed by atoms with E-state index in [-0.39, 0.29) is 22.5 Å². The van der Waals surface area contributed by atoms with Gasteiger partial charge in [-0.1, -0.05) is 16.9 Å². The van der Waals surface area contributed by atoms with Gasteiger partial charge in [0.15, 0.2) is 16.8 Å². The molecule has 0 bridgehead atoms. The lowest BCUT2D eigenvalue weighted by Crippen LogP contribution is -2.71. The van der Waals surface area contributed by atoms with Gasteiger partial charge in [0, 0.05) is 44.8 Å². The SMILES string of the molecule is NC(N)=NCCSCc1cnccc1SC1=C(C(=O)O)N2C(=O)[C@@H](NC(=O)/C(=N\O)c3csc(N)n3)[C@H]2SC1.O=C(O)C(F)(F)F. The molecule has 2 atom stereocenters. The first kappa shape index (κ1) is 36.3. The van der Waals surface area contributed by atoms with Gasteiger partial charge in [0.05, 0.1) is 6.54 Å². The van der Waals surface area contributed by atoms with Crippen LogP contribution in [-0.4, -0.2) is 101 Å². The predicted octanol–water partition coefficient (Wildman–Crippen LogP) is 0.927. The number of anilines is 1. The minimum absolute atomic E-state index is 0.0310. The molecular formula is C23H24F3N9O7S4. The summed E-state index contributed by atoms with van der Waals surface area (Å²) in [5.41, 5.74) is 16.7. The minimum Gasteiger partial charge on any atom is -0.477 e. The quantitative estimate of drug-likeness (QED) is 0.0424. The van der Waals surface area contributed by atoms with Crippen LogP contribution in [0.2, 0.25) is 0 Å². The van der Waals surface area contributed by atoms with E-state index in [9.17, 15) is 37.9 Å². The number of halogens is 3. The highest BCUT2D eigenvalue weighted by molar-refractivity contribution is 8.06. The maximum atomic E-state index is 13.0. The monoisotopic (exact) mass is 723 g/mol. The van der Waals surface area contributed by atoms with Gasteiger partial charge in [-0.05, 0) is 11.6 Å². The van der Waals surface area contributed by atoms with Crippen molar-refractivity contribution in [2.45, 2.75) is 28.2 Å². The smallest absolute Gasteiger partial charge is 0.477 e. The molecule has 0 spiro atoms. The van der Waals surface area contributed by atoms with Crippen molar-refractivity contribution in [2.24, 2.45) is 21.6 Å². The molecule has 0 saturated carbocycles. The Morgan fingerprint density at radius 3 is 2.50 bits per heavy atom. The Hall–Kier alpha value is -4.22. The van der Waals surface area contributed by atoms with E-state index >= 15 is 0 Å². The number of carbonyl (C=O) groups is 4. The molecular weight excluding hydrogens is 700 g/mol. The summed E-state index contributed by atoms with van der Waals surface area (Å²) < 4.78 is 31.7. The second-order valence-electron chi connectivity index (χ2n) is 8.71. The number of hydrogen-bond donors (Lipinski definition) is 7. The zero-order chi connectivity index (χ0) is 34.2. The number of rotatable bonds is 11. The summed E-state index contributed by atoms with van der Waals surface area (Å²) in [5.74, 6) is -3.80. The number of aliphatic imine (C=N–C) groups is 1. The Balaban J connectivity index is 0.000000738. The van der Waals surface area contributed by atoms with Crippen LogP contribution in [0, 0.1) is 0 Å². The average Bonchev–Trinajstić information content (AvgIpc) is 3.41. The number of β-lactam (4-membered cyclic amide) rings is 1. The Morgan fingerprint density at radius 2 is 1.93 bits per heavy atom. The minimum atomic E-state index is -5.08. The largest absolute Gasteiger partial charge is 0.490 e. The number of thioether (sulfide) groups is 3. The highest BCUT2D eigenvalue weighted by Crippen LogP contribution is 2.45. The Labute approximate surface area is 273 Å². The molecule has 4 rings (SSSR count). The molecule has 0 aromatic carbocycles. The van der Waals surface area contributed by atoms with Crippen LogP contribution in [-0.2, 0) is 24.9 Å². The summed E-state index contributed by atoms with van der Waals surface area (Å²) in [7, 11) is 0.